The maximum Gasteiger partial charge on any atom is 0.0607 e. The van der Waals surface area contributed by atoms with Gasteiger partial charge in [-0.3, -0.25) is 0 Å². The largest absolute Gasteiger partial charge is 0.378 e. The molecule has 2 fully saturated rings. The van der Waals surface area contributed by atoms with Gasteiger partial charge in [-0.2, -0.15) is 0 Å². The van der Waals surface area contributed by atoms with Crippen LogP contribution in [0.1, 0.15) is 19.3 Å². The Labute approximate surface area is 68.3 Å². The van der Waals surface area contributed by atoms with Crippen LogP contribution in [-0.4, -0.2) is 26.3 Å². The quantitative estimate of drug-likeness (QED) is 0.657. The van der Waals surface area contributed by atoms with E-state index in [-0.39, 0.29) is 0 Å². The SMILES string of the molecule is CNCC1CC1C1CCCO1. The van der Waals surface area contributed by atoms with Crippen molar-refractivity contribution >= 4 is 0 Å². The third-order valence-electron chi connectivity index (χ3n) is 2.89. The van der Waals surface area contributed by atoms with Gasteiger partial charge in [0.1, 0.15) is 0 Å². The third kappa shape index (κ3) is 1.57. The van der Waals surface area contributed by atoms with Crippen LogP contribution in [0.25, 0.3) is 0 Å². The highest BCUT2D eigenvalue weighted by Gasteiger charge is 2.43. The average molecular weight is 155 g/mol. The van der Waals surface area contributed by atoms with Crippen molar-refractivity contribution in [3.05, 3.63) is 0 Å². The predicted octanol–water partition coefficient (Wildman–Crippen LogP) is 1.02. The van der Waals surface area contributed by atoms with E-state index in [1.165, 1.54) is 25.8 Å². The van der Waals surface area contributed by atoms with E-state index in [9.17, 15) is 0 Å². The Hall–Kier alpha value is -0.0800. The first-order chi connectivity index (χ1) is 5.42. The van der Waals surface area contributed by atoms with Crippen LogP contribution in [-0.2, 0) is 4.74 Å². The minimum Gasteiger partial charge on any atom is -0.378 e. The lowest BCUT2D eigenvalue weighted by Gasteiger charge is -2.07. The Morgan fingerprint density at radius 2 is 2.45 bits per heavy atom. The fourth-order valence-corrected chi connectivity index (χ4v) is 2.16. The lowest BCUT2D eigenvalue weighted by atomic mass is 10.1. The van der Waals surface area contributed by atoms with Gasteiger partial charge in [0.15, 0.2) is 0 Å². The fraction of sp³-hybridized carbons (Fsp3) is 1.00. The second-order valence-electron chi connectivity index (χ2n) is 3.77. The number of rotatable bonds is 3. The van der Waals surface area contributed by atoms with Crippen molar-refractivity contribution in [1.29, 1.82) is 0 Å². The molecule has 1 saturated heterocycles. The fourth-order valence-electron chi connectivity index (χ4n) is 2.16. The van der Waals surface area contributed by atoms with Crippen LogP contribution in [0.15, 0.2) is 0 Å². The van der Waals surface area contributed by atoms with Crippen molar-refractivity contribution in [2.75, 3.05) is 20.2 Å². The van der Waals surface area contributed by atoms with Crippen molar-refractivity contribution in [2.24, 2.45) is 11.8 Å². The van der Waals surface area contributed by atoms with E-state index in [0.717, 1.165) is 18.4 Å². The molecule has 2 nitrogen and oxygen atoms in total. The molecule has 1 heterocycles. The Morgan fingerprint density at radius 3 is 3.09 bits per heavy atom. The Balaban J connectivity index is 1.72. The molecule has 0 spiro atoms. The molecule has 64 valence electrons. The van der Waals surface area contributed by atoms with E-state index >= 15 is 0 Å². The van der Waals surface area contributed by atoms with Crippen LogP contribution in [0, 0.1) is 11.8 Å². The molecule has 2 rings (SSSR count). The van der Waals surface area contributed by atoms with Crippen molar-refractivity contribution in [2.45, 2.75) is 25.4 Å². The normalized spacial score (nSPS) is 42.8. The molecule has 3 atom stereocenters. The molecule has 0 amide bonds. The molecule has 2 aliphatic rings. The number of hydrogen-bond donors (Lipinski definition) is 1. The molecule has 11 heavy (non-hydrogen) atoms. The molecule has 0 aromatic heterocycles. The monoisotopic (exact) mass is 155 g/mol. The Morgan fingerprint density at radius 1 is 1.55 bits per heavy atom. The molecule has 1 aliphatic heterocycles. The molecule has 1 aliphatic carbocycles. The van der Waals surface area contributed by atoms with Gasteiger partial charge in [0.2, 0.25) is 0 Å². The maximum atomic E-state index is 5.63. The van der Waals surface area contributed by atoms with Gasteiger partial charge in [-0.15, -0.1) is 0 Å². The Kier molecular flexibility index (Phi) is 2.14. The van der Waals surface area contributed by atoms with Crippen LogP contribution < -0.4 is 5.32 Å². The second kappa shape index (κ2) is 3.11. The summed E-state index contributed by atoms with van der Waals surface area (Å²) in [5, 5.41) is 3.23. The molecule has 1 saturated carbocycles. The molecule has 0 aromatic rings. The molecule has 2 heteroatoms. The first-order valence-electron chi connectivity index (χ1n) is 4.68. The summed E-state index contributed by atoms with van der Waals surface area (Å²) in [6.07, 6.45) is 4.61. The highest BCUT2D eigenvalue weighted by Crippen LogP contribution is 2.44. The highest BCUT2D eigenvalue weighted by atomic mass is 16.5. The number of ether oxygens (including phenoxy) is 1. The summed E-state index contributed by atoms with van der Waals surface area (Å²) in [6.45, 7) is 2.19. The zero-order valence-corrected chi connectivity index (χ0v) is 7.18. The standard InChI is InChI=1S/C9H17NO/c1-10-6-7-5-8(7)9-3-2-4-11-9/h7-10H,2-6H2,1H3. The van der Waals surface area contributed by atoms with Crippen LogP contribution in [0.4, 0.5) is 0 Å². The summed E-state index contributed by atoms with van der Waals surface area (Å²) in [7, 11) is 2.03. The minimum absolute atomic E-state index is 0.619. The first kappa shape index (κ1) is 7.56. The van der Waals surface area contributed by atoms with Gasteiger partial charge >= 0.3 is 0 Å². The van der Waals surface area contributed by atoms with E-state index in [2.05, 4.69) is 5.32 Å². The number of hydrogen-bond acceptors (Lipinski definition) is 2. The molecule has 0 bridgehead atoms. The Bertz CT molecular complexity index is 132. The van der Waals surface area contributed by atoms with Gasteiger partial charge in [-0.25, -0.2) is 0 Å². The molecule has 3 unspecified atom stereocenters. The van der Waals surface area contributed by atoms with Gasteiger partial charge in [0.25, 0.3) is 0 Å². The van der Waals surface area contributed by atoms with Crippen molar-refractivity contribution in [1.82, 2.24) is 5.32 Å². The van der Waals surface area contributed by atoms with E-state index in [0.29, 0.717) is 6.10 Å². The van der Waals surface area contributed by atoms with Crippen molar-refractivity contribution < 1.29 is 4.74 Å². The van der Waals surface area contributed by atoms with E-state index < -0.39 is 0 Å². The summed E-state index contributed by atoms with van der Waals surface area (Å²) in [4.78, 5) is 0. The molecule has 0 aromatic carbocycles. The van der Waals surface area contributed by atoms with Gasteiger partial charge in [-0.05, 0) is 44.7 Å². The number of nitrogens with one attached hydrogen (secondary N) is 1. The van der Waals surface area contributed by atoms with E-state index in [1.54, 1.807) is 0 Å². The summed E-state index contributed by atoms with van der Waals surface area (Å²) in [5.74, 6) is 1.81. The van der Waals surface area contributed by atoms with Crippen LogP contribution in [0.5, 0.6) is 0 Å². The topological polar surface area (TPSA) is 21.3 Å². The van der Waals surface area contributed by atoms with Crippen molar-refractivity contribution in [3.63, 3.8) is 0 Å². The van der Waals surface area contributed by atoms with E-state index in [4.69, 9.17) is 4.74 Å². The molecular weight excluding hydrogens is 138 g/mol. The van der Waals surface area contributed by atoms with Crippen LogP contribution >= 0.6 is 0 Å². The van der Waals surface area contributed by atoms with Gasteiger partial charge in [0, 0.05) is 6.61 Å². The van der Waals surface area contributed by atoms with Crippen molar-refractivity contribution in [3.8, 4) is 0 Å². The average Bonchev–Trinajstić information content (AvgIpc) is 2.61. The highest BCUT2D eigenvalue weighted by molar-refractivity contribution is 4.94. The lowest BCUT2D eigenvalue weighted by molar-refractivity contribution is 0.0897. The van der Waals surface area contributed by atoms with Crippen LogP contribution in [0.3, 0.4) is 0 Å². The van der Waals surface area contributed by atoms with Gasteiger partial charge < -0.3 is 10.1 Å². The molecular formula is C9H17NO. The van der Waals surface area contributed by atoms with Crippen LogP contribution in [0.2, 0.25) is 0 Å². The predicted molar refractivity (Wildman–Crippen MR) is 44.5 cm³/mol. The minimum atomic E-state index is 0.619. The zero-order valence-electron chi connectivity index (χ0n) is 7.18. The lowest BCUT2D eigenvalue weighted by Crippen LogP contribution is -2.15. The summed E-state index contributed by atoms with van der Waals surface area (Å²) in [6, 6.07) is 0. The smallest absolute Gasteiger partial charge is 0.0607 e. The van der Waals surface area contributed by atoms with E-state index in [1.807, 2.05) is 7.05 Å². The molecule has 0 radical (unpaired) electrons. The summed E-state index contributed by atoms with van der Waals surface area (Å²) >= 11 is 0. The summed E-state index contributed by atoms with van der Waals surface area (Å²) < 4.78 is 5.63. The van der Waals surface area contributed by atoms with Gasteiger partial charge in [0.05, 0.1) is 6.10 Å². The first-order valence-corrected chi connectivity index (χ1v) is 4.68. The third-order valence-corrected chi connectivity index (χ3v) is 2.89. The molecule has 1 N–H and O–H groups in total. The van der Waals surface area contributed by atoms with Gasteiger partial charge in [-0.1, -0.05) is 0 Å². The summed E-state index contributed by atoms with van der Waals surface area (Å²) in [5.41, 5.74) is 0. The maximum absolute atomic E-state index is 5.63. The zero-order chi connectivity index (χ0) is 7.68. The second-order valence-corrected chi connectivity index (χ2v) is 3.77.